The molecule has 1 fully saturated rings. The van der Waals surface area contributed by atoms with Crippen LogP contribution in [0, 0.1) is 0 Å². The molecule has 0 radical (unpaired) electrons. The molecule has 8 heteroatoms. The van der Waals surface area contributed by atoms with E-state index in [1.807, 2.05) is 26.8 Å². The third-order valence-electron chi connectivity index (χ3n) is 5.61. The van der Waals surface area contributed by atoms with Crippen molar-refractivity contribution >= 4 is 23.6 Å². The number of pyridine rings is 1. The van der Waals surface area contributed by atoms with Crippen LogP contribution in [-0.4, -0.2) is 46.9 Å². The van der Waals surface area contributed by atoms with Gasteiger partial charge in [-0.3, -0.25) is 10.1 Å². The zero-order valence-corrected chi connectivity index (χ0v) is 19.7. The molecule has 2 aliphatic rings. The number of anilines is 2. The van der Waals surface area contributed by atoms with E-state index in [9.17, 15) is 9.59 Å². The number of hydrogen-bond donors (Lipinski definition) is 1. The molecule has 0 atom stereocenters. The van der Waals surface area contributed by atoms with Crippen LogP contribution >= 0.6 is 0 Å². The van der Waals surface area contributed by atoms with Crippen molar-refractivity contribution in [3.63, 3.8) is 0 Å². The normalized spacial score (nSPS) is 17.2. The summed E-state index contributed by atoms with van der Waals surface area (Å²) in [6, 6.07) is 4.26. The van der Waals surface area contributed by atoms with E-state index in [0.29, 0.717) is 31.3 Å². The van der Waals surface area contributed by atoms with Gasteiger partial charge in [0.05, 0.1) is 25.2 Å². The lowest BCUT2D eigenvalue weighted by molar-refractivity contribution is -0.143. The smallest absolute Gasteiger partial charge is 0.413 e. The van der Waals surface area contributed by atoms with Crippen molar-refractivity contribution in [1.82, 2.24) is 9.88 Å². The van der Waals surface area contributed by atoms with Gasteiger partial charge in [-0.15, -0.1) is 0 Å². The molecule has 0 bridgehead atoms. The SMILES string of the molecule is CCC(=O)OCCC1=CN(C2CCCCC2)CN1c1ccc(NC(=O)OC(C)(C)C)nc1. The van der Waals surface area contributed by atoms with Gasteiger partial charge >= 0.3 is 12.1 Å². The maximum atomic E-state index is 12.0. The van der Waals surface area contributed by atoms with E-state index < -0.39 is 11.7 Å². The number of carbonyl (C=O) groups excluding carboxylic acids is 2. The fraction of sp³-hybridized carbons (Fsp3) is 0.625. The van der Waals surface area contributed by atoms with Crippen LogP contribution in [0.2, 0.25) is 0 Å². The Kier molecular flexibility index (Phi) is 7.99. The highest BCUT2D eigenvalue weighted by Crippen LogP contribution is 2.32. The summed E-state index contributed by atoms with van der Waals surface area (Å²) < 4.78 is 10.6. The van der Waals surface area contributed by atoms with Crippen LogP contribution < -0.4 is 10.2 Å². The molecular weight excluding hydrogens is 408 g/mol. The molecule has 1 amide bonds. The van der Waals surface area contributed by atoms with E-state index in [2.05, 4.69) is 26.3 Å². The summed E-state index contributed by atoms with van der Waals surface area (Å²) in [4.78, 5) is 32.6. The van der Waals surface area contributed by atoms with Crippen molar-refractivity contribution in [3.05, 3.63) is 30.2 Å². The molecule has 1 saturated carbocycles. The maximum absolute atomic E-state index is 12.0. The summed E-state index contributed by atoms with van der Waals surface area (Å²) in [7, 11) is 0. The summed E-state index contributed by atoms with van der Waals surface area (Å²) in [5.74, 6) is 0.257. The predicted octanol–water partition coefficient (Wildman–Crippen LogP) is 5.03. The van der Waals surface area contributed by atoms with Gasteiger partial charge in [-0.1, -0.05) is 26.2 Å². The number of nitrogens with one attached hydrogen (secondary N) is 1. The molecule has 3 rings (SSSR count). The molecule has 0 aromatic carbocycles. The summed E-state index contributed by atoms with van der Waals surface area (Å²) in [5.41, 5.74) is 1.48. The van der Waals surface area contributed by atoms with Gasteiger partial charge in [0.25, 0.3) is 0 Å². The lowest BCUT2D eigenvalue weighted by atomic mass is 9.95. The lowest BCUT2D eigenvalue weighted by Gasteiger charge is -2.32. The Labute approximate surface area is 191 Å². The van der Waals surface area contributed by atoms with Crippen LogP contribution in [0.1, 0.15) is 72.6 Å². The quantitative estimate of drug-likeness (QED) is 0.591. The zero-order chi connectivity index (χ0) is 23.1. The van der Waals surface area contributed by atoms with Gasteiger partial charge in [0.1, 0.15) is 11.4 Å². The summed E-state index contributed by atoms with van der Waals surface area (Å²) in [6.07, 6.45) is 10.7. The highest BCUT2D eigenvalue weighted by Gasteiger charge is 2.28. The number of aromatic nitrogens is 1. The van der Waals surface area contributed by atoms with E-state index in [1.165, 1.54) is 32.1 Å². The molecule has 32 heavy (non-hydrogen) atoms. The molecule has 8 nitrogen and oxygen atoms in total. The first kappa shape index (κ1) is 23.9. The van der Waals surface area contributed by atoms with Crippen LogP contribution in [0.15, 0.2) is 30.2 Å². The average molecular weight is 445 g/mol. The Bertz CT molecular complexity index is 810. The summed E-state index contributed by atoms with van der Waals surface area (Å²) >= 11 is 0. The number of amides is 1. The minimum Gasteiger partial charge on any atom is -0.465 e. The number of ether oxygens (including phenoxy) is 2. The van der Waals surface area contributed by atoms with Crippen molar-refractivity contribution < 1.29 is 19.1 Å². The number of carbonyl (C=O) groups is 2. The van der Waals surface area contributed by atoms with E-state index in [4.69, 9.17) is 9.47 Å². The maximum Gasteiger partial charge on any atom is 0.413 e. The van der Waals surface area contributed by atoms with Crippen molar-refractivity contribution in [1.29, 1.82) is 0 Å². The first-order valence-corrected chi connectivity index (χ1v) is 11.6. The molecule has 1 N–H and O–H groups in total. The molecule has 0 spiro atoms. The highest BCUT2D eigenvalue weighted by molar-refractivity contribution is 5.83. The molecule has 0 unspecified atom stereocenters. The van der Waals surface area contributed by atoms with Gasteiger partial charge in [-0.2, -0.15) is 0 Å². The van der Waals surface area contributed by atoms with Crippen LogP contribution in [0.3, 0.4) is 0 Å². The van der Waals surface area contributed by atoms with Crippen molar-refractivity contribution in [2.75, 3.05) is 23.5 Å². The Morgan fingerprint density at radius 3 is 2.56 bits per heavy atom. The molecule has 1 aliphatic heterocycles. The molecule has 1 aromatic rings. The van der Waals surface area contributed by atoms with E-state index in [0.717, 1.165) is 18.1 Å². The minimum atomic E-state index is -0.566. The fourth-order valence-corrected chi connectivity index (χ4v) is 4.04. The second kappa shape index (κ2) is 10.7. The third-order valence-corrected chi connectivity index (χ3v) is 5.61. The van der Waals surface area contributed by atoms with E-state index in [1.54, 1.807) is 19.2 Å². The van der Waals surface area contributed by atoms with Gasteiger partial charge in [0.2, 0.25) is 0 Å². The van der Waals surface area contributed by atoms with Crippen molar-refractivity contribution in [3.8, 4) is 0 Å². The number of rotatable bonds is 7. The second-order valence-electron chi connectivity index (χ2n) is 9.35. The molecule has 2 heterocycles. The molecule has 176 valence electrons. The monoisotopic (exact) mass is 444 g/mol. The standard InChI is InChI=1S/C24H36N4O4/c1-5-22(29)31-14-13-20-16-27(18-9-7-6-8-10-18)17-28(20)19-11-12-21(25-15-19)26-23(30)32-24(2,3)4/h11-12,15-16,18H,5-10,13-14,17H2,1-4H3,(H,25,26,30). The topological polar surface area (TPSA) is 84.0 Å². The number of esters is 1. The summed E-state index contributed by atoms with van der Waals surface area (Å²) in [6.45, 7) is 8.37. The molecule has 0 saturated heterocycles. The molecule has 1 aromatic heterocycles. The first-order chi connectivity index (χ1) is 15.2. The van der Waals surface area contributed by atoms with E-state index >= 15 is 0 Å². The largest absolute Gasteiger partial charge is 0.465 e. The van der Waals surface area contributed by atoms with E-state index in [-0.39, 0.29) is 5.97 Å². The van der Waals surface area contributed by atoms with Gasteiger partial charge in [0, 0.05) is 30.8 Å². The average Bonchev–Trinajstić information content (AvgIpc) is 3.17. The van der Waals surface area contributed by atoms with Gasteiger partial charge in [-0.25, -0.2) is 9.78 Å². The van der Waals surface area contributed by atoms with Gasteiger partial charge < -0.3 is 19.3 Å². The van der Waals surface area contributed by atoms with Crippen molar-refractivity contribution in [2.45, 2.75) is 84.3 Å². The minimum absolute atomic E-state index is 0.182. The number of nitrogens with zero attached hydrogens (tertiary/aromatic N) is 3. The second-order valence-corrected chi connectivity index (χ2v) is 9.35. The third kappa shape index (κ3) is 6.87. The van der Waals surface area contributed by atoms with Gasteiger partial charge in [0.15, 0.2) is 0 Å². The Hall–Kier alpha value is -2.77. The summed E-state index contributed by atoms with van der Waals surface area (Å²) in [5, 5.41) is 2.67. The predicted molar refractivity (Wildman–Crippen MR) is 124 cm³/mol. The Balaban J connectivity index is 1.67. The fourth-order valence-electron chi connectivity index (χ4n) is 4.04. The molecular formula is C24H36N4O4. The van der Waals surface area contributed by atoms with Crippen LogP contribution in [0.4, 0.5) is 16.3 Å². The van der Waals surface area contributed by atoms with Crippen LogP contribution in [-0.2, 0) is 14.3 Å². The van der Waals surface area contributed by atoms with Crippen LogP contribution in [0.25, 0.3) is 0 Å². The Morgan fingerprint density at radius 2 is 1.94 bits per heavy atom. The number of hydrogen-bond acceptors (Lipinski definition) is 7. The molecule has 1 aliphatic carbocycles. The lowest BCUT2D eigenvalue weighted by Crippen LogP contribution is -2.35. The Morgan fingerprint density at radius 1 is 1.19 bits per heavy atom. The van der Waals surface area contributed by atoms with Crippen molar-refractivity contribution in [2.24, 2.45) is 0 Å². The van der Waals surface area contributed by atoms with Crippen LogP contribution in [0.5, 0.6) is 0 Å². The zero-order valence-electron chi connectivity index (χ0n) is 19.7. The van der Waals surface area contributed by atoms with Gasteiger partial charge in [-0.05, 0) is 45.7 Å². The first-order valence-electron chi connectivity index (χ1n) is 11.6. The highest BCUT2D eigenvalue weighted by atomic mass is 16.6.